The van der Waals surface area contributed by atoms with Crippen LogP contribution in [0.25, 0.3) is 0 Å². The predicted octanol–water partition coefficient (Wildman–Crippen LogP) is 2.31. The zero-order valence-corrected chi connectivity index (χ0v) is 14.1. The number of nitrogens with zero attached hydrogens (tertiary/aromatic N) is 3. The zero-order valence-electron chi connectivity index (χ0n) is 12.5. The van der Waals surface area contributed by atoms with Gasteiger partial charge in [-0.2, -0.15) is 5.10 Å². The van der Waals surface area contributed by atoms with Crippen molar-refractivity contribution in [2.45, 2.75) is 45.2 Å². The summed E-state index contributed by atoms with van der Waals surface area (Å²) >= 11 is 3.45. The highest BCUT2D eigenvalue weighted by Crippen LogP contribution is 2.30. The van der Waals surface area contributed by atoms with Crippen molar-refractivity contribution in [3.63, 3.8) is 0 Å². The van der Waals surface area contributed by atoms with Crippen molar-refractivity contribution in [1.29, 1.82) is 0 Å². The number of nitrogens with one attached hydrogen (secondary N) is 1. The van der Waals surface area contributed by atoms with E-state index in [1.807, 2.05) is 0 Å². The topological polar surface area (TPSA) is 50.2 Å². The molecule has 0 spiro atoms. The number of hydrogen-bond acceptors (Lipinski definition) is 4. The molecule has 4 rings (SSSR count). The highest BCUT2D eigenvalue weighted by molar-refractivity contribution is 9.10. The van der Waals surface area contributed by atoms with Crippen LogP contribution in [0.3, 0.4) is 0 Å². The Balaban J connectivity index is 1.74. The van der Waals surface area contributed by atoms with E-state index < -0.39 is 0 Å². The van der Waals surface area contributed by atoms with Gasteiger partial charge >= 0.3 is 0 Å². The maximum absolute atomic E-state index is 12.3. The first kappa shape index (κ1) is 15.0. The molecule has 0 aromatic carbocycles. The molecule has 1 N–H and O–H groups in total. The van der Waals surface area contributed by atoms with Crippen molar-refractivity contribution in [1.82, 2.24) is 14.7 Å². The van der Waals surface area contributed by atoms with Crippen LogP contribution in [0.2, 0.25) is 0 Å². The van der Waals surface area contributed by atoms with Gasteiger partial charge in [-0.3, -0.25) is 4.79 Å². The smallest absolute Gasteiger partial charge is 0.283 e. The molecule has 2 bridgehead atoms. The van der Waals surface area contributed by atoms with E-state index in [-0.39, 0.29) is 5.56 Å². The molecule has 1 unspecified atom stereocenters. The summed E-state index contributed by atoms with van der Waals surface area (Å²) in [6.45, 7) is 6.33. The Morgan fingerprint density at radius 3 is 2.81 bits per heavy atom. The van der Waals surface area contributed by atoms with Crippen LogP contribution in [-0.4, -0.2) is 40.4 Å². The van der Waals surface area contributed by atoms with Gasteiger partial charge in [0, 0.05) is 19.1 Å². The van der Waals surface area contributed by atoms with Crippen molar-refractivity contribution in [2.75, 3.05) is 25.0 Å². The third-order valence-electron chi connectivity index (χ3n) is 4.71. The number of rotatable bonds is 5. The molecule has 0 saturated carbocycles. The Kier molecular flexibility index (Phi) is 4.64. The number of piperidine rings is 3. The van der Waals surface area contributed by atoms with E-state index >= 15 is 0 Å². The molecule has 1 aromatic rings. The largest absolute Gasteiger partial charge is 0.378 e. The molecule has 4 heterocycles. The molecule has 3 aliphatic heterocycles. The van der Waals surface area contributed by atoms with Crippen LogP contribution in [0.4, 0.5) is 5.69 Å². The Morgan fingerprint density at radius 2 is 2.19 bits per heavy atom. The first-order chi connectivity index (χ1) is 10.2. The summed E-state index contributed by atoms with van der Waals surface area (Å²) in [6.07, 6.45) is 6.35. The van der Waals surface area contributed by atoms with Gasteiger partial charge in [0.05, 0.1) is 11.9 Å². The van der Waals surface area contributed by atoms with Crippen molar-refractivity contribution in [2.24, 2.45) is 5.92 Å². The van der Waals surface area contributed by atoms with Gasteiger partial charge in [-0.1, -0.05) is 13.3 Å². The van der Waals surface area contributed by atoms with E-state index in [1.165, 1.54) is 25.9 Å². The van der Waals surface area contributed by atoms with Gasteiger partial charge in [0.2, 0.25) is 0 Å². The second kappa shape index (κ2) is 6.48. The third-order valence-corrected chi connectivity index (χ3v) is 5.47. The first-order valence-electron chi connectivity index (χ1n) is 7.93. The fourth-order valence-corrected chi connectivity index (χ4v) is 3.78. The highest BCUT2D eigenvalue weighted by Gasteiger charge is 2.34. The van der Waals surface area contributed by atoms with E-state index in [2.05, 4.69) is 38.2 Å². The van der Waals surface area contributed by atoms with Crippen LogP contribution in [0.15, 0.2) is 15.5 Å². The Hall–Kier alpha value is -0.880. The molecule has 3 aliphatic rings. The molecule has 1 aromatic heterocycles. The fraction of sp³-hybridized carbons (Fsp3) is 0.733. The number of halogens is 1. The summed E-state index contributed by atoms with van der Waals surface area (Å²) in [5.41, 5.74) is 0.807. The predicted molar refractivity (Wildman–Crippen MR) is 87.7 cm³/mol. The van der Waals surface area contributed by atoms with E-state index in [0.717, 1.165) is 31.0 Å². The lowest BCUT2D eigenvalue weighted by molar-refractivity contribution is 0.0975. The van der Waals surface area contributed by atoms with Gasteiger partial charge in [-0.25, -0.2) is 4.68 Å². The molecule has 3 fully saturated rings. The Morgan fingerprint density at radius 1 is 1.43 bits per heavy atom. The molecule has 116 valence electrons. The van der Waals surface area contributed by atoms with Crippen molar-refractivity contribution in [3.8, 4) is 0 Å². The van der Waals surface area contributed by atoms with Gasteiger partial charge < -0.3 is 10.2 Å². The third kappa shape index (κ3) is 3.16. The van der Waals surface area contributed by atoms with Crippen LogP contribution in [0.5, 0.6) is 0 Å². The molecule has 21 heavy (non-hydrogen) atoms. The first-order valence-corrected chi connectivity index (χ1v) is 8.73. The maximum atomic E-state index is 12.3. The highest BCUT2D eigenvalue weighted by atomic mass is 79.9. The second-order valence-corrected chi connectivity index (χ2v) is 6.94. The van der Waals surface area contributed by atoms with Crippen molar-refractivity contribution >= 4 is 21.6 Å². The summed E-state index contributed by atoms with van der Waals surface area (Å²) in [5.74, 6) is 0.726. The van der Waals surface area contributed by atoms with Crippen molar-refractivity contribution < 1.29 is 0 Å². The molecule has 1 atom stereocenters. The minimum absolute atomic E-state index is 0.0327. The summed E-state index contributed by atoms with van der Waals surface area (Å²) < 4.78 is 2.17. The van der Waals surface area contributed by atoms with E-state index in [4.69, 9.17) is 0 Å². The minimum Gasteiger partial charge on any atom is -0.378 e. The normalized spacial score (nSPS) is 27.8. The lowest BCUT2D eigenvalue weighted by Crippen LogP contribution is -2.53. The van der Waals surface area contributed by atoms with Crippen LogP contribution in [0.1, 0.15) is 32.6 Å². The molecule has 5 nitrogen and oxygen atoms in total. The minimum atomic E-state index is -0.0327. The molecule has 0 radical (unpaired) electrons. The summed E-state index contributed by atoms with van der Waals surface area (Å²) in [7, 11) is 0. The average molecular weight is 355 g/mol. The summed E-state index contributed by atoms with van der Waals surface area (Å²) in [4.78, 5) is 14.8. The van der Waals surface area contributed by atoms with Gasteiger partial charge in [-0.05, 0) is 54.2 Å². The Labute approximate surface area is 133 Å². The average Bonchev–Trinajstić information content (AvgIpc) is 2.52. The monoisotopic (exact) mass is 354 g/mol. The van der Waals surface area contributed by atoms with Crippen LogP contribution < -0.4 is 10.9 Å². The SMILES string of the molecule is CCCCn1ncc(NC2CN3CCC2CC3)c(Br)c1=O. The number of unbranched alkanes of at least 4 members (excludes halogenated alkanes) is 1. The van der Waals surface area contributed by atoms with E-state index in [0.29, 0.717) is 17.1 Å². The van der Waals surface area contributed by atoms with E-state index in [1.54, 1.807) is 10.9 Å². The standard InChI is InChI=1S/C15H23BrN4O/c1-2-3-6-20-15(21)14(16)12(9-17-20)18-13-10-19-7-4-11(13)5-8-19/h9,11,13,18H,2-8,10H2,1H3. The second-order valence-electron chi connectivity index (χ2n) is 6.14. The Bertz CT molecular complexity index is 551. The molecule has 0 amide bonds. The van der Waals surface area contributed by atoms with Gasteiger partial charge in [0.1, 0.15) is 4.47 Å². The van der Waals surface area contributed by atoms with Gasteiger partial charge in [0.25, 0.3) is 5.56 Å². The van der Waals surface area contributed by atoms with Crippen LogP contribution >= 0.6 is 15.9 Å². The number of anilines is 1. The van der Waals surface area contributed by atoms with Crippen LogP contribution in [0, 0.1) is 5.92 Å². The number of aromatic nitrogens is 2. The maximum Gasteiger partial charge on any atom is 0.283 e. The van der Waals surface area contributed by atoms with Crippen LogP contribution in [-0.2, 0) is 6.54 Å². The molecule has 0 aliphatic carbocycles. The number of fused-ring (bicyclic) bond motifs is 3. The number of hydrogen-bond donors (Lipinski definition) is 1. The van der Waals surface area contributed by atoms with Gasteiger partial charge in [-0.15, -0.1) is 0 Å². The lowest BCUT2D eigenvalue weighted by Gasteiger charge is -2.45. The summed E-state index contributed by atoms with van der Waals surface area (Å²) in [5, 5.41) is 7.84. The lowest BCUT2D eigenvalue weighted by atomic mass is 9.84. The fourth-order valence-electron chi connectivity index (χ4n) is 3.36. The zero-order chi connectivity index (χ0) is 14.8. The van der Waals surface area contributed by atoms with Crippen molar-refractivity contribution in [3.05, 3.63) is 21.0 Å². The molecule has 3 saturated heterocycles. The molecular formula is C15H23BrN4O. The molecular weight excluding hydrogens is 332 g/mol. The quantitative estimate of drug-likeness (QED) is 0.881. The summed E-state index contributed by atoms with van der Waals surface area (Å²) in [6, 6.07) is 0.441. The number of aryl methyl sites for hydroxylation is 1. The van der Waals surface area contributed by atoms with E-state index in [9.17, 15) is 4.79 Å². The van der Waals surface area contributed by atoms with Gasteiger partial charge in [0.15, 0.2) is 0 Å². The molecule has 6 heteroatoms.